The van der Waals surface area contributed by atoms with E-state index < -0.39 is 17.0 Å². The van der Waals surface area contributed by atoms with Crippen LogP contribution in [0.4, 0.5) is 18.9 Å². The molecule has 0 saturated heterocycles. The van der Waals surface area contributed by atoms with E-state index in [1.54, 1.807) is 6.92 Å². The normalized spacial score (nSPS) is 11.2. The first-order chi connectivity index (χ1) is 7.33. The number of halogens is 3. The highest BCUT2D eigenvalue weighted by atomic mass is 19.4. The number of ether oxygens (including phenoxy) is 1. The SMILES string of the molecule is CCc1cc([N+](=O)[O-])ccc1OC(F)(F)F. The summed E-state index contributed by atoms with van der Waals surface area (Å²) in [5.74, 6) is -0.402. The molecule has 7 heteroatoms. The fourth-order valence-corrected chi connectivity index (χ4v) is 1.18. The summed E-state index contributed by atoms with van der Waals surface area (Å²) in [7, 11) is 0. The molecule has 1 aromatic carbocycles. The van der Waals surface area contributed by atoms with Crippen molar-refractivity contribution in [3.63, 3.8) is 0 Å². The second-order valence-electron chi connectivity index (χ2n) is 2.95. The number of hydrogen-bond donors (Lipinski definition) is 0. The van der Waals surface area contributed by atoms with Crippen molar-refractivity contribution in [2.75, 3.05) is 0 Å². The molecule has 0 aliphatic heterocycles. The van der Waals surface area contributed by atoms with E-state index in [4.69, 9.17) is 0 Å². The predicted octanol–water partition coefficient (Wildman–Crippen LogP) is 3.06. The zero-order chi connectivity index (χ0) is 12.3. The molecule has 4 nitrogen and oxygen atoms in total. The lowest BCUT2D eigenvalue weighted by Crippen LogP contribution is -2.18. The maximum atomic E-state index is 12.0. The van der Waals surface area contributed by atoms with Crippen molar-refractivity contribution in [1.29, 1.82) is 0 Å². The van der Waals surface area contributed by atoms with E-state index in [9.17, 15) is 23.3 Å². The third-order valence-corrected chi connectivity index (χ3v) is 1.86. The Morgan fingerprint density at radius 1 is 1.44 bits per heavy atom. The van der Waals surface area contributed by atoms with Gasteiger partial charge < -0.3 is 4.74 Å². The third-order valence-electron chi connectivity index (χ3n) is 1.86. The third kappa shape index (κ3) is 3.11. The van der Waals surface area contributed by atoms with E-state index in [2.05, 4.69) is 4.74 Å². The van der Waals surface area contributed by atoms with Gasteiger partial charge in [0.15, 0.2) is 0 Å². The summed E-state index contributed by atoms with van der Waals surface area (Å²) in [6.45, 7) is 1.59. The Balaban J connectivity index is 3.07. The van der Waals surface area contributed by atoms with Crippen LogP contribution in [0.15, 0.2) is 18.2 Å². The molecule has 0 radical (unpaired) electrons. The van der Waals surface area contributed by atoms with Crippen molar-refractivity contribution < 1.29 is 22.8 Å². The number of non-ortho nitro benzene ring substituents is 1. The van der Waals surface area contributed by atoms with Crippen LogP contribution in [0.2, 0.25) is 0 Å². The molecule has 0 aliphatic rings. The number of rotatable bonds is 3. The van der Waals surface area contributed by atoms with Gasteiger partial charge in [-0.25, -0.2) is 0 Å². The standard InChI is InChI=1S/C9H8F3NO3/c1-2-6-5-7(13(14)15)3-4-8(6)16-9(10,11)12/h3-5H,2H2,1H3. The van der Waals surface area contributed by atoms with Crippen LogP contribution in [0.1, 0.15) is 12.5 Å². The Bertz CT molecular complexity index is 403. The van der Waals surface area contributed by atoms with Crippen molar-refractivity contribution in [1.82, 2.24) is 0 Å². The molecular formula is C9H8F3NO3. The maximum absolute atomic E-state index is 12.0. The average Bonchev–Trinajstić information content (AvgIpc) is 2.15. The van der Waals surface area contributed by atoms with Gasteiger partial charge in [0, 0.05) is 17.7 Å². The maximum Gasteiger partial charge on any atom is 0.573 e. The Morgan fingerprint density at radius 3 is 2.50 bits per heavy atom. The largest absolute Gasteiger partial charge is 0.573 e. The molecule has 0 spiro atoms. The zero-order valence-electron chi connectivity index (χ0n) is 8.25. The summed E-state index contributed by atoms with van der Waals surface area (Å²) in [5.41, 5.74) is -0.113. The quantitative estimate of drug-likeness (QED) is 0.597. The van der Waals surface area contributed by atoms with Gasteiger partial charge in [-0.05, 0) is 12.5 Å². The van der Waals surface area contributed by atoms with Gasteiger partial charge in [0.2, 0.25) is 0 Å². The summed E-state index contributed by atoms with van der Waals surface area (Å²) in [6, 6.07) is 2.99. The fourth-order valence-electron chi connectivity index (χ4n) is 1.18. The lowest BCUT2D eigenvalue weighted by Gasteiger charge is -2.11. The van der Waals surface area contributed by atoms with Crippen molar-refractivity contribution in [2.24, 2.45) is 0 Å². The van der Waals surface area contributed by atoms with Gasteiger partial charge in [0.1, 0.15) is 5.75 Å². The van der Waals surface area contributed by atoms with E-state index in [0.717, 1.165) is 18.2 Å². The lowest BCUT2D eigenvalue weighted by atomic mass is 10.1. The Morgan fingerprint density at radius 2 is 2.06 bits per heavy atom. The summed E-state index contributed by atoms with van der Waals surface area (Å²) >= 11 is 0. The molecule has 1 aromatic rings. The number of hydrogen-bond acceptors (Lipinski definition) is 3. The van der Waals surface area contributed by atoms with Crippen LogP contribution in [0, 0.1) is 10.1 Å². The number of alkyl halides is 3. The number of benzene rings is 1. The second-order valence-corrected chi connectivity index (χ2v) is 2.95. The van der Waals surface area contributed by atoms with Gasteiger partial charge in [-0.2, -0.15) is 0 Å². The minimum absolute atomic E-state index is 0.145. The molecule has 0 atom stereocenters. The Kier molecular flexibility index (Phi) is 3.36. The lowest BCUT2D eigenvalue weighted by molar-refractivity contribution is -0.385. The summed E-state index contributed by atoms with van der Waals surface area (Å²) in [5, 5.41) is 10.4. The molecule has 0 saturated carbocycles. The second kappa shape index (κ2) is 4.38. The van der Waals surface area contributed by atoms with Crippen LogP contribution in [-0.4, -0.2) is 11.3 Å². The van der Waals surface area contributed by atoms with Gasteiger partial charge in [0.05, 0.1) is 4.92 Å². The summed E-state index contributed by atoms with van der Waals surface area (Å²) in [6.07, 6.45) is -4.58. The van der Waals surface area contributed by atoms with Gasteiger partial charge in [-0.15, -0.1) is 13.2 Å². The van der Waals surface area contributed by atoms with E-state index in [1.165, 1.54) is 0 Å². The van der Waals surface area contributed by atoms with E-state index in [-0.39, 0.29) is 17.7 Å². The number of nitro benzene ring substituents is 1. The van der Waals surface area contributed by atoms with Crippen LogP contribution < -0.4 is 4.74 Å². The molecule has 0 unspecified atom stereocenters. The highest BCUT2D eigenvalue weighted by Crippen LogP contribution is 2.29. The van der Waals surface area contributed by atoms with Crippen LogP contribution >= 0.6 is 0 Å². The van der Waals surface area contributed by atoms with Gasteiger partial charge >= 0.3 is 6.36 Å². The number of nitro groups is 1. The molecule has 16 heavy (non-hydrogen) atoms. The first-order valence-corrected chi connectivity index (χ1v) is 4.36. The Hall–Kier alpha value is -1.79. The predicted molar refractivity (Wildman–Crippen MR) is 49.2 cm³/mol. The minimum atomic E-state index is -4.79. The minimum Gasteiger partial charge on any atom is -0.405 e. The zero-order valence-corrected chi connectivity index (χ0v) is 8.25. The highest BCUT2D eigenvalue weighted by Gasteiger charge is 2.32. The molecule has 1 rings (SSSR count). The van der Waals surface area contributed by atoms with Crippen molar-refractivity contribution >= 4 is 5.69 Å². The van der Waals surface area contributed by atoms with E-state index in [1.807, 2.05) is 0 Å². The first kappa shape index (κ1) is 12.3. The van der Waals surface area contributed by atoms with Crippen molar-refractivity contribution in [3.05, 3.63) is 33.9 Å². The topological polar surface area (TPSA) is 52.4 Å². The number of nitrogens with zero attached hydrogens (tertiary/aromatic N) is 1. The van der Waals surface area contributed by atoms with Crippen molar-refractivity contribution in [2.45, 2.75) is 19.7 Å². The van der Waals surface area contributed by atoms with Gasteiger partial charge in [-0.1, -0.05) is 6.92 Å². The highest BCUT2D eigenvalue weighted by molar-refractivity contribution is 5.43. The van der Waals surface area contributed by atoms with Gasteiger partial charge in [-0.3, -0.25) is 10.1 Å². The molecule has 0 N–H and O–H groups in total. The average molecular weight is 235 g/mol. The molecule has 88 valence electrons. The van der Waals surface area contributed by atoms with E-state index in [0.29, 0.717) is 0 Å². The van der Waals surface area contributed by atoms with Crippen LogP contribution in [0.25, 0.3) is 0 Å². The summed E-state index contributed by atoms with van der Waals surface area (Å²) in [4.78, 5) is 9.74. The fraction of sp³-hybridized carbons (Fsp3) is 0.333. The summed E-state index contributed by atoms with van der Waals surface area (Å²) < 4.78 is 39.6. The molecule has 0 fully saturated rings. The number of aryl methyl sites for hydroxylation is 1. The molecule has 0 heterocycles. The van der Waals surface area contributed by atoms with Gasteiger partial charge in [0.25, 0.3) is 5.69 Å². The molecule has 0 amide bonds. The smallest absolute Gasteiger partial charge is 0.405 e. The molecule has 0 aromatic heterocycles. The Labute approximate surface area is 88.8 Å². The van der Waals surface area contributed by atoms with Crippen LogP contribution in [0.3, 0.4) is 0 Å². The van der Waals surface area contributed by atoms with Crippen LogP contribution in [0.5, 0.6) is 5.75 Å². The van der Waals surface area contributed by atoms with Crippen molar-refractivity contribution in [3.8, 4) is 5.75 Å². The molecule has 0 bridgehead atoms. The first-order valence-electron chi connectivity index (χ1n) is 4.36. The van der Waals surface area contributed by atoms with E-state index >= 15 is 0 Å². The molecule has 0 aliphatic carbocycles. The monoisotopic (exact) mass is 235 g/mol. The van der Waals surface area contributed by atoms with Crippen LogP contribution in [-0.2, 0) is 6.42 Å². The molecular weight excluding hydrogens is 227 g/mol.